The first-order chi connectivity index (χ1) is 21.4. The molecular formula is C35H64N3O5S+. The Bertz CT molecular complexity index is 989. The van der Waals surface area contributed by atoms with E-state index in [0.29, 0.717) is 19.5 Å². The highest BCUT2D eigenvalue weighted by molar-refractivity contribution is 7.89. The maximum Gasteiger partial charge on any atom is 0.407 e. The maximum atomic E-state index is 12.6. The number of unbranched alkanes of at least 4 members (excludes halogenated alkanes) is 15. The second-order valence-corrected chi connectivity index (χ2v) is 14.5. The molecule has 44 heavy (non-hydrogen) atoms. The molecule has 9 heteroatoms. The predicted octanol–water partition coefficient (Wildman–Crippen LogP) is 7.17. The lowest BCUT2D eigenvalue weighted by Gasteiger charge is -2.17. The molecule has 1 amide bonds. The Kier molecular flexibility index (Phi) is 21.4. The standard InChI is InChI=1S/C35H63N3O5S/c1-3-4-5-6-7-8-9-10-11-12-13-14-15-16-17-20-26-36-35(39)43-31-33(42-2)30-37-44(40,41)29-22-28-38-27-21-24-32-23-18-19-25-34(32)38/h21,24,27,33,37H,3-20,22-23,25-26,28-31H2,1-2H3/p+1. The summed E-state index contributed by atoms with van der Waals surface area (Å²) in [6, 6.07) is 4.23. The Hall–Kier alpha value is -1.71. The van der Waals surface area contributed by atoms with Crippen LogP contribution in [0.1, 0.15) is 140 Å². The molecule has 0 aliphatic heterocycles. The summed E-state index contributed by atoms with van der Waals surface area (Å²) >= 11 is 0. The first-order valence-corrected chi connectivity index (χ1v) is 19.5. The molecule has 0 spiro atoms. The van der Waals surface area contributed by atoms with Crippen LogP contribution in [-0.2, 0) is 38.9 Å². The number of aryl methyl sites for hydroxylation is 2. The lowest BCUT2D eigenvalue weighted by Crippen LogP contribution is -2.42. The second-order valence-electron chi connectivity index (χ2n) is 12.6. The van der Waals surface area contributed by atoms with E-state index in [1.807, 2.05) is 6.20 Å². The number of ether oxygens (including phenoxy) is 2. The van der Waals surface area contributed by atoms with Crippen LogP contribution in [-0.4, -0.2) is 53.2 Å². The van der Waals surface area contributed by atoms with Crippen LogP contribution in [0.3, 0.4) is 0 Å². The molecule has 1 aromatic heterocycles. The summed E-state index contributed by atoms with van der Waals surface area (Å²) in [6.07, 6.45) is 27.2. The topological polar surface area (TPSA) is 97.6 Å². The van der Waals surface area contributed by atoms with Gasteiger partial charge in [0.1, 0.15) is 19.3 Å². The van der Waals surface area contributed by atoms with Gasteiger partial charge in [-0.1, -0.05) is 103 Å². The number of sulfonamides is 1. The van der Waals surface area contributed by atoms with Crippen LogP contribution >= 0.6 is 0 Å². The number of amides is 1. The minimum absolute atomic E-state index is 0.00415. The Morgan fingerprint density at radius 2 is 1.45 bits per heavy atom. The molecule has 0 radical (unpaired) electrons. The number of alkyl carbamates (subject to hydrolysis) is 1. The van der Waals surface area contributed by atoms with Crippen molar-refractivity contribution < 1.29 is 27.3 Å². The van der Waals surface area contributed by atoms with Crippen molar-refractivity contribution in [3.8, 4) is 0 Å². The molecule has 1 aliphatic rings. The predicted molar refractivity (Wildman–Crippen MR) is 179 cm³/mol. The molecule has 0 saturated heterocycles. The second kappa shape index (κ2) is 24.5. The number of carbonyl (C=O) groups excluding carboxylic acids is 1. The molecule has 254 valence electrons. The summed E-state index contributed by atoms with van der Waals surface area (Å²) in [7, 11) is -1.96. The van der Waals surface area contributed by atoms with Gasteiger partial charge in [0.15, 0.2) is 11.9 Å². The number of aromatic nitrogens is 1. The fourth-order valence-corrected chi connectivity index (χ4v) is 7.09. The van der Waals surface area contributed by atoms with Crippen LogP contribution in [0.5, 0.6) is 0 Å². The Morgan fingerprint density at radius 3 is 2.07 bits per heavy atom. The third-order valence-corrected chi connectivity index (χ3v) is 10.2. The van der Waals surface area contributed by atoms with Gasteiger partial charge >= 0.3 is 6.09 Å². The monoisotopic (exact) mass is 638 g/mol. The molecule has 0 saturated carbocycles. The molecule has 1 aliphatic carbocycles. The number of carbonyl (C=O) groups is 1. The Balaban J connectivity index is 1.42. The minimum Gasteiger partial charge on any atom is -0.447 e. The van der Waals surface area contributed by atoms with Crippen LogP contribution in [0.4, 0.5) is 4.79 Å². The highest BCUT2D eigenvalue weighted by Crippen LogP contribution is 2.17. The lowest BCUT2D eigenvalue weighted by atomic mass is 9.96. The van der Waals surface area contributed by atoms with Crippen molar-refractivity contribution >= 4 is 16.1 Å². The third kappa shape index (κ3) is 18.3. The van der Waals surface area contributed by atoms with Gasteiger partial charge < -0.3 is 14.8 Å². The zero-order valence-corrected chi connectivity index (χ0v) is 28.9. The van der Waals surface area contributed by atoms with E-state index in [0.717, 1.165) is 25.7 Å². The van der Waals surface area contributed by atoms with Gasteiger partial charge in [0.05, 0.1) is 5.75 Å². The van der Waals surface area contributed by atoms with Crippen LogP contribution in [0.15, 0.2) is 18.3 Å². The van der Waals surface area contributed by atoms with E-state index in [1.165, 1.54) is 121 Å². The van der Waals surface area contributed by atoms with E-state index >= 15 is 0 Å². The van der Waals surface area contributed by atoms with Gasteiger partial charge in [0.2, 0.25) is 10.0 Å². The Morgan fingerprint density at radius 1 is 0.864 bits per heavy atom. The average Bonchev–Trinajstić information content (AvgIpc) is 3.02. The first-order valence-electron chi connectivity index (χ1n) is 17.9. The van der Waals surface area contributed by atoms with Crippen LogP contribution in [0, 0.1) is 0 Å². The SMILES string of the molecule is CCCCCCCCCCCCCCCCCCNC(=O)OCC(CNS(=O)(=O)CCC[n+]1cccc2c1CCCC2)OC. The van der Waals surface area contributed by atoms with Crippen molar-refractivity contribution in [1.82, 2.24) is 10.0 Å². The van der Waals surface area contributed by atoms with Gasteiger partial charge in [-0.15, -0.1) is 0 Å². The Labute approximate surface area is 269 Å². The molecule has 2 rings (SSSR count). The van der Waals surface area contributed by atoms with Gasteiger partial charge in [-0.2, -0.15) is 0 Å². The molecule has 1 aromatic rings. The number of rotatable bonds is 27. The number of hydrogen-bond acceptors (Lipinski definition) is 5. The van der Waals surface area contributed by atoms with E-state index < -0.39 is 22.2 Å². The zero-order valence-electron chi connectivity index (χ0n) is 28.1. The van der Waals surface area contributed by atoms with E-state index in [-0.39, 0.29) is 18.9 Å². The van der Waals surface area contributed by atoms with Crippen molar-refractivity contribution in [3.63, 3.8) is 0 Å². The van der Waals surface area contributed by atoms with E-state index in [4.69, 9.17) is 9.47 Å². The molecule has 8 nitrogen and oxygen atoms in total. The van der Waals surface area contributed by atoms with Crippen LogP contribution in [0.25, 0.3) is 0 Å². The zero-order chi connectivity index (χ0) is 31.7. The largest absolute Gasteiger partial charge is 0.447 e. The van der Waals surface area contributed by atoms with Crippen molar-refractivity contribution in [2.45, 2.75) is 154 Å². The molecule has 1 atom stereocenters. The molecule has 1 unspecified atom stereocenters. The first kappa shape index (κ1) is 38.5. The highest BCUT2D eigenvalue weighted by Gasteiger charge is 2.21. The van der Waals surface area contributed by atoms with E-state index in [2.05, 4.69) is 33.7 Å². The minimum atomic E-state index is -3.46. The number of fused-ring (bicyclic) bond motifs is 1. The summed E-state index contributed by atoms with van der Waals surface area (Å²) < 4.78 is 40.5. The number of methoxy groups -OCH3 is 1. The van der Waals surface area contributed by atoms with Gasteiger partial charge in [0.25, 0.3) is 0 Å². The van der Waals surface area contributed by atoms with Crippen molar-refractivity contribution in [1.29, 1.82) is 0 Å². The van der Waals surface area contributed by atoms with Gasteiger partial charge in [-0.3, -0.25) is 0 Å². The van der Waals surface area contributed by atoms with Crippen molar-refractivity contribution in [2.75, 3.05) is 32.6 Å². The van der Waals surface area contributed by atoms with Crippen molar-refractivity contribution in [3.05, 3.63) is 29.6 Å². The summed E-state index contributed by atoms with van der Waals surface area (Å²) in [6.45, 7) is 3.61. The smallest absolute Gasteiger partial charge is 0.407 e. The molecular weight excluding hydrogens is 574 g/mol. The summed E-state index contributed by atoms with van der Waals surface area (Å²) in [5, 5.41) is 2.79. The number of pyridine rings is 1. The lowest BCUT2D eigenvalue weighted by molar-refractivity contribution is -0.704. The molecule has 1 heterocycles. The number of nitrogens with zero attached hydrogens (tertiary/aromatic N) is 1. The van der Waals surface area contributed by atoms with Gasteiger partial charge in [-0.05, 0) is 31.7 Å². The molecule has 0 aromatic carbocycles. The third-order valence-electron chi connectivity index (χ3n) is 8.77. The number of nitrogens with one attached hydrogen (secondary N) is 2. The molecule has 0 fully saturated rings. The van der Waals surface area contributed by atoms with Crippen LogP contribution < -0.4 is 14.6 Å². The normalized spacial score (nSPS) is 13.9. The van der Waals surface area contributed by atoms with Gasteiger partial charge in [-0.25, -0.2) is 22.5 Å². The fourth-order valence-electron chi connectivity index (χ4n) is 5.99. The average molecular weight is 639 g/mol. The van der Waals surface area contributed by atoms with Crippen molar-refractivity contribution in [2.24, 2.45) is 0 Å². The fraction of sp³-hybridized carbons (Fsp3) is 0.829. The molecule has 2 N–H and O–H groups in total. The van der Waals surface area contributed by atoms with Crippen LogP contribution in [0.2, 0.25) is 0 Å². The molecule has 0 bridgehead atoms. The maximum absolute atomic E-state index is 12.6. The summed E-state index contributed by atoms with van der Waals surface area (Å²) in [4.78, 5) is 12.1. The highest BCUT2D eigenvalue weighted by atomic mass is 32.2. The summed E-state index contributed by atoms with van der Waals surface area (Å²) in [5.74, 6) is 0.0424. The van der Waals surface area contributed by atoms with E-state index in [9.17, 15) is 13.2 Å². The quantitative estimate of drug-likeness (QED) is 0.0787. The summed E-state index contributed by atoms with van der Waals surface area (Å²) in [5.41, 5.74) is 2.73. The number of hydrogen-bond donors (Lipinski definition) is 2. The van der Waals surface area contributed by atoms with Gasteiger partial charge in [0, 0.05) is 44.7 Å². The van der Waals surface area contributed by atoms with E-state index in [1.54, 1.807) is 0 Å².